The highest BCUT2D eigenvalue weighted by molar-refractivity contribution is 5.82. The van der Waals surface area contributed by atoms with E-state index in [0.717, 1.165) is 23.3 Å². The smallest absolute Gasteiger partial charge is 0.174 e. The van der Waals surface area contributed by atoms with Crippen LogP contribution in [0.5, 0.6) is 5.75 Å². The molecule has 21 heavy (non-hydrogen) atoms. The summed E-state index contributed by atoms with van der Waals surface area (Å²) in [5.74, 6) is 0.717. The minimum atomic E-state index is 0.0777. The van der Waals surface area contributed by atoms with Crippen molar-refractivity contribution in [2.75, 3.05) is 11.9 Å². The molecule has 4 nitrogen and oxygen atoms in total. The number of hydrogen-bond acceptors (Lipinski definition) is 3. The number of nitriles is 1. The Balaban J connectivity index is 1.62. The maximum Gasteiger partial charge on any atom is 0.174 e. The van der Waals surface area contributed by atoms with Gasteiger partial charge in [0.2, 0.25) is 0 Å². The third kappa shape index (κ3) is 3.15. The zero-order valence-corrected chi connectivity index (χ0v) is 11.5. The van der Waals surface area contributed by atoms with E-state index in [0.29, 0.717) is 5.75 Å². The zero-order chi connectivity index (χ0) is 14.5. The van der Waals surface area contributed by atoms with Gasteiger partial charge in [0, 0.05) is 29.3 Å². The van der Waals surface area contributed by atoms with Crippen LogP contribution in [0.25, 0.3) is 10.9 Å². The average molecular weight is 277 g/mol. The van der Waals surface area contributed by atoms with E-state index in [2.05, 4.69) is 34.6 Å². The highest BCUT2D eigenvalue weighted by atomic mass is 16.5. The normalized spacial score (nSPS) is 10.2. The highest BCUT2D eigenvalue weighted by Gasteiger charge is 1.99. The van der Waals surface area contributed by atoms with Gasteiger partial charge in [0.1, 0.15) is 11.8 Å². The monoisotopic (exact) mass is 277 g/mol. The van der Waals surface area contributed by atoms with Crippen molar-refractivity contribution in [3.05, 3.63) is 60.3 Å². The van der Waals surface area contributed by atoms with Crippen LogP contribution in [0, 0.1) is 11.3 Å². The topological polar surface area (TPSA) is 60.8 Å². The van der Waals surface area contributed by atoms with E-state index >= 15 is 0 Å². The van der Waals surface area contributed by atoms with Crippen molar-refractivity contribution in [1.29, 1.82) is 5.26 Å². The summed E-state index contributed by atoms with van der Waals surface area (Å²) in [6, 6.07) is 18.0. The molecule has 0 fully saturated rings. The van der Waals surface area contributed by atoms with Gasteiger partial charge in [-0.1, -0.05) is 12.1 Å². The molecule has 1 heterocycles. The molecule has 0 saturated carbocycles. The third-order valence-electron chi connectivity index (χ3n) is 3.28. The maximum absolute atomic E-state index is 8.46. The first-order valence-electron chi connectivity index (χ1n) is 6.75. The predicted octanol–water partition coefficient (Wildman–Crippen LogP) is 3.68. The third-order valence-corrected chi connectivity index (χ3v) is 3.28. The number of benzene rings is 2. The van der Waals surface area contributed by atoms with Crippen molar-refractivity contribution in [2.45, 2.75) is 6.54 Å². The van der Waals surface area contributed by atoms with Crippen LogP contribution in [0.1, 0.15) is 5.56 Å². The molecule has 0 aliphatic carbocycles. The second kappa shape index (κ2) is 6.02. The number of anilines is 1. The summed E-state index contributed by atoms with van der Waals surface area (Å²) >= 11 is 0. The number of aromatic nitrogens is 1. The Hall–Kier alpha value is -2.93. The summed E-state index contributed by atoms with van der Waals surface area (Å²) in [6.07, 6.45) is 1.94. The molecule has 0 bridgehead atoms. The highest BCUT2D eigenvalue weighted by Crippen LogP contribution is 2.19. The molecular formula is C17H15N3O. The molecule has 0 atom stereocenters. The van der Waals surface area contributed by atoms with E-state index in [1.165, 1.54) is 5.39 Å². The Morgan fingerprint density at radius 1 is 1.10 bits per heavy atom. The van der Waals surface area contributed by atoms with Crippen molar-refractivity contribution in [2.24, 2.45) is 0 Å². The Kier molecular flexibility index (Phi) is 3.74. The van der Waals surface area contributed by atoms with Crippen LogP contribution in [0.3, 0.4) is 0 Å². The van der Waals surface area contributed by atoms with Gasteiger partial charge in [-0.15, -0.1) is 0 Å². The predicted molar refractivity (Wildman–Crippen MR) is 83.2 cm³/mol. The van der Waals surface area contributed by atoms with Gasteiger partial charge in [-0.3, -0.25) is 0 Å². The molecule has 0 amide bonds. The summed E-state index contributed by atoms with van der Waals surface area (Å²) in [6.45, 7) is 0.822. The molecule has 0 unspecified atom stereocenters. The Morgan fingerprint density at radius 2 is 1.95 bits per heavy atom. The number of hydrogen-bond donors (Lipinski definition) is 2. The van der Waals surface area contributed by atoms with E-state index in [9.17, 15) is 0 Å². The van der Waals surface area contributed by atoms with E-state index in [1.54, 1.807) is 0 Å². The van der Waals surface area contributed by atoms with Crippen LogP contribution in [0.15, 0.2) is 54.7 Å². The lowest BCUT2D eigenvalue weighted by Crippen LogP contribution is -1.99. The number of rotatable bonds is 5. The fraction of sp³-hybridized carbons (Fsp3) is 0.118. The quantitative estimate of drug-likeness (QED) is 0.747. The molecule has 0 aliphatic heterocycles. The molecule has 0 radical (unpaired) electrons. The van der Waals surface area contributed by atoms with E-state index < -0.39 is 0 Å². The first kappa shape index (κ1) is 13.1. The maximum atomic E-state index is 8.46. The number of H-pyrrole nitrogens is 1. The Morgan fingerprint density at radius 3 is 2.76 bits per heavy atom. The van der Waals surface area contributed by atoms with E-state index in [-0.39, 0.29) is 6.61 Å². The molecule has 2 aromatic carbocycles. The number of ether oxygens (including phenoxy) is 1. The van der Waals surface area contributed by atoms with Crippen molar-refractivity contribution in [3.8, 4) is 11.8 Å². The minimum absolute atomic E-state index is 0.0777. The molecular weight excluding hydrogens is 262 g/mol. The van der Waals surface area contributed by atoms with Gasteiger partial charge in [0.15, 0.2) is 6.61 Å². The minimum Gasteiger partial charge on any atom is -0.479 e. The van der Waals surface area contributed by atoms with Crippen molar-refractivity contribution in [3.63, 3.8) is 0 Å². The molecule has 104 valence electrons. The lowest BCUT2D eigenvalue weighted by molar-refractivity contribution is 0.368. The largest absolute Gasteiger partial charge is 0.479 e. The van der Waals surface area contributed by atoms with Crippen molar-refractivity contribution < 1.29 is 4.74 Å². The fourth-order valence-electron chi connectivity index (χ4n) is 2.19. The molecule has 3 aromatic rings. The molecule has 2 N–H and O–H groups in total. The summed E-state index contributed by atoms with van der Waals surface area (Å²) in [7, 11) is 0. The Bertz CT molecular complexity index is 769. The second-order valence-corrected chi connectivity index (χ2v) is 4.72. The van der Waals surface area contributed by atoms with Gasteiger partial charge in [-0.05, 0) is 42.0 Å². The van der Waals surface area contributed by atoms with Crippen LogP contribution in [-0.4, -0.2) is 11.6 Å². The van der Waals surface area contributed by atoms with Crippen LogP contribution in [0.4, 0.5) is 5.69 Å². The average Bonchev–Trinajstić information content (AvgIpc) is 2.99. The van der Waals surface area contributed by atoms with Gasteiger partial charge in [0.05, 0.1) is 0 Å². The van der Waals surface area contributed by atoms with E-state index in [1.807, 2.05) is 36.5 Å². The fourth-order valence-corrected chi connectivity index (χ4v) is 2.19. The molecule has 0 saturated heterocycles. The number of nitrogens with one attached hydrogen (secondary N) is 2. The second-order valence-electron chi connectivity index (χ2n) is 4.72. The summed E-state index contributed by atoms with van der Waals surface area (Å²) in [5, 5.41) is 13.1. The van der Waals surface area contributed by atoms with Crippen molar-refractivity contribution >= 4 is 16.6 Å². The van der Waals surface area contributed by atoms with Gasteiger partial charge < -0.3 is 15.0 Å². The molecule has 1 aromatic heterocycles. The first-order valence-corrected chi connectivity index (χ1v) is 6.75. The van der Waals surface area contributed by atoms with Gasteiger partial charge in [0.25, 0.3) is 0 Å². The zero-order valence-electron chi connectivity index (χ0n) is 11.5. The standard InChI is InChI=1S/C17H15N3O/c18-8-10-21-16-4-1-13(2-5-16)12-20-15-3-6-17-14(11-15)7-9-19-17/h1-7,9,11,19-20H,10,12H2. The lowest BCUT2D eigenvalue weighted by Gasteiger charge is -2.08. The van der Waals surface area contributed by atoms with Gasteiger partial charge >= 0.3 is 0 Å². The Labute approximate surface area is 123 Å². The van der Waals surface area contributed by atoms with E-state index in [4.69, 9.17) is 10.00 Å². The first-order chi connectivity index (χ1) is 10.3. The van der Waals surface area contributed by atoms with Crippen LogP contribution >= 0.6 is 0 Å². The van der Waals surface area contributed by atoms with Crippen LogP contribution in [-0.2, 0) is 6.54 Å². The summed E-state index contributed by atoms with van der Waals surface area (Å²) in [5.41, 5.74) is 3.39. The molecule has 0 spiro atoms. The number of nitrogens with zero attached hydrogens (tertiary/aromatic N) is 1. The van der Waals surface area contributed by atoms with Gasteiger partial charge in [-0.25, -0.2) is 0 Å². The molecule has 0 aliphatic rings. The lowest BCUT2D eigenvalue weighted by atomic mass is 10.2. The number of fused-ring (bicyclic) bond motifs is 1. The molecule has 3 rings (SSSR count). The van der Waals surface area contributed by atoms with Crippen LogP contribution in [0.2, 0.25) is 0 Å². The van der Waals surface area contributed by atoms with Crippen molar-refractivity contribution in [1.82, 2.24) is 4.98 Å². The summed E-state index contributed by atoms with van der Waals surface area (Å²) < 4.78 is 5.23. The van der Waals surface area contributed by atoms with Gasteiger partial charge in [-0.2, -0.15) is 5.26 Å². The molecule has 4 heteroatoms. The SMILES string of the molecule is N#CCOc1ccc(CNc2ccc3[nH]ccc3c2)cc1. The van der Waals surface area contributed by atoms with Crippen LogP contribution < -0.4 is 10.1 Å². The summed E-state index contributed by atoms with van der Waals surface area (Å²) in [4.78, 5) is 3.18. The number of aromatic amines is 1.